The lowest BCUT2D eigenvalue weighted by atomic mass is 10.0. The number of halogens is 1. The molecule has 17 heteroatoms. The zero-order valence-corrected chi connectivity index (χ0v) is 40.8. The Labute approximate surface area is 388 Å². The van der Waals surface area contributed by atoms with Gasteiger partial charge in [-0.1, -0.05) is 90.8 Å². The molecule has 352 valence electrons. The van der Waals surface area contributed by atoms with Crippen molar-refractivity contribution in [3.05, 3.63) is 130 Å². The summed E-state index contributed by atoms with van der Waals surface area (Å²) in [6.45, 7) is 6.16. The average Bonchev–Trinajstić information content (AvgIpc) is 3.28. The van der Waals surface area contributed by atoms with Gasteiger partial charge in [0.25, 0.3) is 9.05 Å². The molecule has 14 nitrogen and oxygen atoms in total. The lowest BCUT2D eigenvalue weighted by molar-refractivity contribution is -0.143. The third-order valence-electron chi connectivity index (χ3n) is 9.46. The normalized spacial score (nSPS) is 12.5. The molecular formula is C47H65ClN4O10S2. The minimum absolute atomic E-state index is 0.0152. The van der Waals surface area contributed by atoms with E-state index in [2.05, 4.69) is 51.1 Å². The number of carboxylic acids is 1. The van der Waals surface area contributed by atoms with Crippen molar-refractivity contribution in [3.8, 4) is 0 Å². The molecule has 4 aromatic rings. The van der Waals surface area contributed by atoms with Gasteiger partial charge in [0.05, 0.1) is 26.2 Å². The van der Waals surface area contributed by atoms with Crippen LogP contribution in [0.4, 0.5) is 0 Å². The summed E-state index contributed by atoms with van der Waals surface area (Å²) in [5.74, 6) is -0.610. The Balaban J connectivity index is 0.000000429. The molecule has 0 spiro atoms. The molecule has 0 aromatic heterocycles. The fourth-order valence-corrected chi connectivity index (χ4v) is 7.59. The summed E-state index contributed by atoms with van der Waals surface area (Å²) in [6, 6.07) is 28.9. The van der Waals surface area contributed by atoms with E-state index in [4.69, 9.17) is 25.3 Å². The molecule has 0 aliphatic heterocycles. The monoisotopic (exact) mass is 944 g/mol. The van der Waals surface area contributed by atoms with E-state index in [0.717, 1.165) is 28.0 Å². The van der Waals surface area contributed by atoms with Gasteiger partial charge in [0, 0.05) is 15.6 Å². The van der Waals surface area contributed by atoms with Gasteiger partial charge in [-0.05, 0) is 120 Å². The molecule has 0 fully saturated rings. The third-order valence-corrected chi connectivity index (χ3v) is 11.7. The molecular weight excluding hydrogens is 880 g/mol. The van der Waals surface area contributed by atoms with Crippen LogP contribution in [0.25, 0.3) is 0 Å². The first-order valence-electron chi connectivity index (χ1n) is 20.4. The number of aryl methyl sites for hydroxylation is 2. The number of thioether (sulfide) groups is 1. The van der Waals surface area contributed by atoms with Gasteiger partial charge in [-0.2, -0.15) is 0 Å². The fraction of sp³-hybridized carbons (Fsp3) is 0.404. The highest BCUT2D eigenvalue weighted by atomic mass is 35.7. The number of nitrogens with one attached hydrogen (secondary N) is 4. The summed E-state index contributed by atoms with van der Waals surface area (Å²) in [7, 11) is 12.4. The molecule has 4 aromatic carbocycles. The summed E-state index contributed by atoms with van der Waals surface area (Å²) in [4.78, 5) is 46.2. The summed E-state index contributed by atoms with van der Waals surface area (Å²) in [5, 5.41) is 20.3. The van der Waals surface area contributed by atoms with Crippen molar-refractivity contribution in [3.63, 3.8) is 0 Å². The molecule has 0 saturated carbocycles. The third kappa shape index (κ3) is 22.2. The maximum Gasteiger partial charge on any atom is 0.323 e. The highest BCUT2D eigenvalue weighted by Crippen LogP contribution is 2.20. The fourth-order valence-electron chi connectivity index (χ4n) is 6.02. The number of carbonyl (C=O) groups excluding carboxylic acids is 3. The average molecular weight is 946 g/mol. The summed E-state index contributed by atoms with van der Waals surface area (Å²) < 4.78 is 36.5. The van der Waals surface area contributed by atoms with Gasteiger partial charge >= 0.3 is 23.9 Å². The highest BCUT2D eigenvalue weighted by Gasteiger charge is 2.20. The molecule has 0 amide bonds. The Hall–Kier alpha value is -4.81. The second kappa shape index (κ2) is 31.1. The first-order chi connectivity index (χ1) is 30.4. The Morgan fingerprint density at radius 3 is 1.25 bits per heavy atom. The van der Waals surface area contributed by atoms with E-state index >= 15 is 0 Å². The van der Waals surface area contributed by atoms with Crippen molar-refractivity contribution in [1.29, 1.82) is 0 Å². The van der Waals surface area contributed by atoms with Gasteiger partial charge in [-0.3, -0.25) is 19.2 Å². The van der Waals surface area contributed by atoms with E-state index in [1.165, 1.54) is 43.9 Å². The summed E-state index contributed by atoms with van der Waals surface area (Å²) >= 11 is 1.80. The molecule has 64 heavy (non-hydrogen) atoms. The lowest BCUT2D eigenvalue weighted by Crippen LogP contribution is -2.36. The number of esters is 3. The van der Waals surface area contributed by atoms with Crippen LogP contribution in [0, 0.1) is 13.8 Å². The van der Waals surface area contributed by atoms with Crippen molar-refractivity contribution >= 4 is 55.4 Å². The summed E-state index contributed by atoms with van der Waals surface area (Å²) in [5.41, 5.74) is 6.37. The Morgan fingerprint density at radius 1 is 0.578 bits per heavy atom. The van der Waals surface area contributed by atoms with E-state index in [9.17, 15) is 27.6 Å². The van der Waals surface area contributed by atoms with Crippen LogP contribution in [0.5, 0.6) is 0 Å². The van der Waals surface area contributed by atoms with Crippen LogP contribution in [0.2, 0.25) is 0 Å². The predicted octanol–water partition coefficient (Wildman–Crippen LogP) is 5.53. The topological polar surface area (TPSA) is 198 Å². The standard InChI is InChI=1S/C13H19NO2S.C12H17NO2.C11H14ClNO4S.C11H15NO2/c1-4-17-11-7-5-6-10(8-11)9-12(14-2)13(15)16-3;1-9-5-4-6-10(7-9)8-11(13-2)12(14)15-3;1-13-10(11(14)17-2)7-8-4-3-5-9(6-8)18(12,15)16;1-8-4-3-5-9(6-8)7-10(12-2)11(13)14/h5-8,12,14H,4,9H2,1-3H3;4-7,11,13H,8H2,1-3H3;3-6,10,13H,7H2,1-2H3;3-6,10,12H,7H2,1-2H3,(H,13,14)/t12-;11-;2*10-/m0000/s1. The van der Waals surface area contributed by atoms with Gasteiger partial charge < -0.3 is 40.6 Å². The number of carbonyl (C=O) groups is 4. The minimum Gasteiger partial charge on any atom is -0.480 e. The van der Waals surface area contributed by atoms with Crippen LogP contribution in [0.1, 0.15) is 40.3 Å². The van der Waals surface area contributed by atoms with Crippen LogP contribution in [-0.2, 0) is 68.1 Å². The number of carboxylic acid groups (broad SMARTS) is 1. The molecule has 0 radical (unpaired) electrons. The maximum atomic E-state index is 11.5. The van der Waals surface area contributed by atoms with Crippen molar-refractivity contribution in [2.75, 3.05) is 55.3 Å². The SMILES string of the molecule is CCSc1cccc(C[C@H](NC)C(=O)OC)c1.CN[C@@H](Cc1cccc(C)c1)C(=O)O.CN[C@@H](Cc1cccc(C)c1)C(=O)OC.CN[C@@H](Cc1cccc(S(=O)(=O)Cl)c1)C(=O)OC. The van der Waals surface area contributed by atoms with Crippen LogP contribution < -0.4 is 21.3 Å². The molecule has 5 N–H and O–H groups in total. The maximum absolute atomic E-state index is 11.5. The number of hydrogen-bond donors (Lipinski definition) is 5. The zero-order chi connectivity index (χ0) is 48.2. The number of rotatable bonds is 19. The summed E-state index contributed by atoms with van der Waals surface area (Å²) in [6.07, 6.45) is 2.16. The molecule has 0 aliphatic rings. The van der Waals surface area contributed by atoms with E-state index in [-0.39, 0.29) is 28.9 Å². The van der Waals surface area contributed by atoms with Crippen LogP contribution in [0.3, 0.4) is 0 Å². The first-order valence-corrected chi connectivity index (χ1v) is 23.7. The molecule has 0 unspecified atom stereocenters. The Bertz CT molecular complexity index is 2160. The molecule has 0 bridgehead atoms. The number of ether oxygens (including phenoxy) is 3. The second-order valence-electron chi connectivity index (χ2n) is 14.2. The number of hydrogen-bond acceptors (Lipinski definition) is 14. The Kier molecular flexibility index (Phi) is 27.8. The lowest BCUT2D eigenvalue weighted by Gasteiger charge is -2.14. The van der Waals surface area contributed by atoms with Crippen molar-refractivity contribution in [1.82, 2.24) is 21.3 Å². The highest BCUT2D eigenvalue weighted by molar-refractivity contribution is 8.13. The molecule has 4 rings (SSSR count). The van der Waals surface area contributed by atoms with E-state index in [1.54, 1.807) is 52.1 Å². The van der Waals surface area contributed by atoms with Gasteiger partial charge in [0.1, 0.15) is 24.2 Å². The second-order valence-corrected chi connectivity index (χ2v) is 18.1. The molecule has 0 saturated heterocycles. The van der Waals surface area contributed by atoms with Gasteiger partial charge in [0.2, 0.25) is 0 Å². The zero-order valence-electron chi connectivity index (χ0n) is 38.4. The van der Waals surface area contributed by atoms with Crippen molar-refractivity contribution in [2.24, 2.45) is 0 Å². The van der Waals surface area contributed by atoms with Crippen LogP contribution >= 0.6 is 22.4 Å². The first kappa shape index (κ1) is 57.2. The minimum atomic E-state index is -3.76. The number of methoxy groups -OCH3 is 3. The van der Waals surface area contributed by atoms with Crippen LogP contribution in [-0.4, -0.2) is 117 Å². The van der Waals surface area contributed by atoms with E-state index in [1.807, 2.05) is 68.4 Å². The van der Waals surface area contributed by atoms with Crippen molar-refractivity contribution < 1.29 is 46.9 Å². The van der Waals surface area contributed by atoms with Gasteiger partial charge in [-0.25, -0.2) is 8.42 Å². The molecule has 4 atom stereocenters. The van der Waals surface area contributed by atoms with Gasteiger partial charge in [0.15, 0.2) is 0 Å². The number of aliphatic carboxylic acids is 1. The van der Waals surface area contributed by atoms with Gasteiger partial charge in [-0.15, -0.1) is 11.8 Å². The predicted molar refractivity (Wildman–Crippen MR) is 255 cm³/mol. The molecule has 0 heterocycles. The Morgan fingerprint density at radius 2 is 0.922 bits per heavy atom. The number of benzene rings is 4. The largest absolute Gasteiger partial charge is 0.480 e. The number of likely N-dealkylation sites (N-methyl/N-ethyl adjacent to an activating group) is 4. The smallest absolute Gasteiger partial charge is 0.323 e. The quantitative estimate of drug-likeness (QED) is 0.0340. The van der Waals surface area contributed by atoms with E-state index in [0.29, 0.717) is 31.2 Å². The van der Waals surface area contributed by atoms with Crippen molar-refractivity contribution in [2.45, 2.75) is 80.4 Å². The molecule has 0 aliphatic carbocycles. The van der Waals surface area contributed by atoms with E-state index < -0.39 is 33.1 Å². The van der Waals surface area contributed by atoms with Crippen LogP contribution in [0.15, 0.2) is 107 Å².